The number of ketones is 1. The molecule has 1 heterocycles. The highest BCUT2D eigenvalue weighted by molar-refractivity contribution is 5.96. The smallest absolute Gasteiger partial charge is 0.161 e. The van der Waals surface area contributed by atoms with Gasteiger partial charge in [0.2, 0.25) is 0 Å². The van der Waals surface area contributed by atoms with Gasteiger partial charge in [0, 0.05) is 24.8 Å². The van der Waals surface area contributed by atoms with Crippen LogP contribution in [0.4, 0.5) is 0 Å². The van der Waals surface area contributed by atoms with Gasteiger partial charge in [0.15, 0.2) is 5.78 Å². The molecule has 2 aliphatic carbocycles. The molecule has 5 nitrogen and oxygen atoms in total. The number of aliphatic hydroxyl groups excluding tert-OH is 2. The number of aliphatic hydroxyl groups is 3. The van der Waals surface area contributed by atoms with E-state index in [0.717, 1.165) is 22.3 Å². The summed E-state index contributed by atoms with van der Waals surface area (Å²) in [7, 11) is 0. The van der Waals surface area contributed by atoms with Crippen LogP contribution >= 0.6 is 0 Å². The van der Waals surface area contributed by atoms with Gasteiger partial charge in [0.05, 0.1) is 23.4 Å². The Labute approximate surface area is 271 Å². The van der Waals surface area contributed by atoms with Crippen LogP contribution < -0.4 is 0 Å². The van der Waals surface area contributed by atoms with Crippen LogP contribution in [0.5, 0.6) is 0 Å². The second-order valence-electron chi connectivity index (χ2n) is 15.3. The maximum Gasteiger partial charge on any atom is 0.161 e. The van der Waals surface area contributed by atoms with Crippen LogP contribution in [0.1, 0.15) is 101 Å². The Hall–Kier alpha value is -2.79. The molecule has 246 valence electrons. The maximum atomic E-state index is 13.1. The van der Waals surface area contributed by atoms with Gasteiger partial charge < -0.3 is 20.1 Å². The van der Waals surface area contributed by atoms with E-state index in [0.29, 0.717) is 37.7 Å². The molecule has 3 fully saturated rings. The lowest BCUT2D eigenvalue weighted by Crippen LogP contribution is -2.48. The molecular formula is C40H56O5. The van der Waals surface area contributed by atoms with E-state index in [1.165, 1.54) is 0 Å². The Morgan fingerprint density at radius 2 is 1.31 bits per heavy atom. The molecule has 0 radical (unpaired) electrons. The molecule has 1 aliphatic heterocycles. The second-order valence-corrected chi connectivity index (χ2v) is 15.3. The van der Waals surface area contributed by atoms with E-state index in [4.69, 9.17) is 4.74 Å². The fourth-order valence-corrected chi connectivity index (χ4v) is 7.48. The van der Waals surface area contributed by atoms with Gasteiger partial charge in [-0.15, -0.1) is 5.73 Å². The molecule has 0 aromatic heterocycles. The maximum absolute atomic E-state index is 13.1. The number of carbonyl (C=O) groups excluding carboxylic acids is 1. The predicted octanol–water partition coefficient (Wildman–Crippen LogP) is 8.12. The van der Waals surface area contributed by atoms with Crippen molar-refractivity contribution in [1.82, 2.24) is 0 Å². The Morgan fingerprint density at radius 3 is 1.87 bits per heavy atom. The summed E-state index contributed by atoms with van der Waals surface area (Å²) in [6.07, 6.45) is 23.4. The largest absolute Gasteiger partial charge is 0.393 e. The molecule has 45 heavy (non-hydrogen) atoms. The minimum absolute atomic E-state index is 0.0863. The minimum atomic E-state index is -1.07. The number of epoxide rings is 1. The highest BCUT2D eigenvalue weighted by atomic mass is 16.6. The van der Waals surface area contributed by atoms with Crippen LogP contribution in [-0.2, 0) is 9.53 Å². The van der Waals surface area contributed by atoms with Crippen molar-refractivity contribution in [2.75, 3.05) is 0 Å². The molecular weight excluding hydrogens is 560 g/mol. The molecule has 1 saturated heterocycles. The summed E-state index contributed by atoms with van der Waals surface area (Å²) in [6.45, 7) is 20.0. The van der Waals surface area contributed by atoms with Crippen LogP contribution in [0.15, 0.2) is 100 Å². The molecule has 0 bridgehead atoms. The molecule has 0 aromatic carbocycles. The summed E-state index contributed by atoms with van der Waals surface area (Å²) in [5, 5.41) is 31.2. The van der Waals surface area contributed by atoms with E-state index < -0.39 is 22.9 Å². The van der Waals surface area contributed by atoms with Crippen LogP contribution in [-0.4, -0.2) is 50.1 Å². The van der Waals surface area contributed by atoms with Gasteiger partial charge in [-0.3, -0.25) is 4.79 Å². The predicted molar refractivity (Wildman–Crippen MR) is 185 cm³/mol. The Morgan fingerprint density at radius 1 is 0.778 bits per heavy atom. The van der Waals surface area contributed by atoms with Crippen molar-refractivity contribution in [3.8, 4) is 0 Å². The summed E-state index contributed by atoms with van der Waals surface area (Å²) in [5.74, 6) is 0.0863. The van der Waals surface area contributed by atoms with Crippen molar-refractivity contribution in [2.45, 2.75) is 130 Å². The quantitative estimate of drug-likeness (QED) is 0.0998. The normalized spacial score (nSPS) is 33.9. The van der Waals surface area contributed by atoms with Crippen molar-refractivity contribution < 1.29 is 24.9 Å². The lowest BCUT2D eigenvalue weighted by Gasteiger charge is -2.43. The van der Waals surface area contributed by atoms with E-state index in [1.807, 2.05) is 115 Å². The van der Waals surface area contributed by atoms with E-state index in [-0.39, 0.29) is 22.7 Å². The molecule has 0 unspecified atom stereocenters. The Kier molecular flexibility index (Phi) is 11.3. The van der Waals surface area contributed by atoms with Crippen molar-refractivity contribution in [3.05, 3.63) is 100 Å². The topological polar surface area (TPSA) is 90.3 Å². The first-order chi connectivity index (χ1) is 20.7. The number of hydrogen-bond donors (Lipinski definition) is 3. The first-order valence-electron chi connectivity index (χ1n) is 16.2. The molecule has 3 aliphatic rings. The molecule has 3 N–H and O–H groups in total. The third-order valence-electron chi connectivity index (χ3n) is 9.82. The zero-order valence-electron chi connectivity index (χ0n) is 29.2. The van der Waals surface area contributed by atoms with Crippen LogP contribution in [0.25, 0.3) is 0 Å². The minimum Gasteiger partial charge on any atom is -0.393 e. The molecule has 2 saturated carbocycles. The van der Waals surface area contributed by atoms with Crippen LogP contribution in [0.3, 0.4) is 0 Å². The third-order valence-corrected chi connectivity index (χ3v) is 9.82. The number of ether oxygens (including phenoxy) is 1. The number of Topliss-reactive ketones (excluding diaryl/α,β-unsaturated/α-hetero) is 1. The van der Waals surface area contributed by atoms with E-state index in [1.54, 1.807) is 6.92 Å². The Bertz CT molecular complexity index is 1400. The average molecular weight is 617 g/mol. The summed E-state index contributed by atoms with van der Waals surface area (Å²) in [6, 6.07) is 0. The fraction of sp³-hybridized carbons (Fsp3) is 0.550. The number of hydrogen-bond acceptors (Lipinski definition) is 5. The molecule has 0 spiro atoms. The molecule has 5 heteroatoms. The number of carbonyl (C=O) groups is 1. The lowest BCUT2D eigenvalue weighted by atomic mass is 9.61. The Balaban J connectivity index is 1.53. The average Bonchev–Trinajstić information content (AvgIpc) is 3.49. The van der Waals surface area contributed by atoms with E-state index in [2.05, 4.69) is 19.6 Å². The van der Waals surface area contributed by atoms with Gasteiger partial charge in [-0.2, -0.15) is 0 Å². The summed E-state index contributed by atoms with van der Waals surface area (Å²) >= 11 is 0. The number of fused-ring (bicyclic) bond motifs is 1. The van der Waals surface area contributed by atoms with E-state index >= 15 is 0 Å². The van der Waals surface area contributed by atoms with Gasteiger partial charge >= 0.3 is 0 Å². The van der Waals surface area contributed by atoms with Gasteiger partial charge in [0.25, 0.3) is 0 Å². The van der Waals surface area contributed by atoms with Gasteiger partial charge in [-0.05, 0) is 82.4 Å². The fourth-order valence-electron chi connectivity index (χ4n) is 7.48. The van der Waals surface area contributed by atoms with Crippen molar-refractivity contribution in [2.24, 2.45) is 10.8 Å². The number of allylic oxidation sites excluding steroid dienone is 14. The molecule has 3 rings (SSSR count). The SMILES string of the molecule is C\C(C=C=C1C(C)(C)C[C@H](O)C[C@]1(C)O)=C/C=C/C(C)=C/C=C/C=C(C)/C=C/C=C(\C)C(=O)C[C@@]12O[C@]1(C)C[C@@H](O)CC2(C)C. The first-order valence-corrected chi connectivity index (χ1v) is 16.2. The standard InChI is InChI=1S/C40H56O5/c1-28(17-13-18-30(3)21-22-35-36(5,6)23-32(41)25-38(35,9)44)15-11-12-16-29(2)19-14-20-31(4)34(43)27-40-37(7,8)24-33(42)26-39(40,10)45-40/h11-21,32-33,41-42,44H,23-27H2,1-10H3/b12-11+,17-13+,19-14+,28-15+,29-16+,30-18+,31-20+/t22?,32-,33-,38-,39+,40-/m0/s1. The van der Waals surface area contributed by atoms with Crippen molar-refractivity contribution >= 4 is 5.78 Å². The summed E-state index contributed by atoms with van der Waals surface area (Å²) < 4.78 is 6.18. The van der Waals surface area contributed by atoms with E-state index in [9.17, 15) is 20.1 Å². The van der Waals surface area contributed by atoms with Crippen molar-refractivity contribution in [1.29, 1.82) is 0 Å². The highest BCUT2D eigenvalue weighted by Crippen LogP contribution is 2.67. The van der Waals surface area contributed by atoms with Gasteiger partial charge in [0.1, 0.15) is 5.60 Å². The molecule has 0 amide bonds. The second kappa shape index (κ2) is 13.9. The lowest BCUT2D eigenvalue weighted by molar-refractivity contribution is -0.118. The third kappa shape index (κ3) is 8.93. The summed E-state index contributed by atoms with van der Waals surface area (Å²) in [5.41, 5.74) is 5.48. The van der Waals surface area contributed by atoms with Gasteiger partial charge in [-0.25, -0.2) is 0 Å². The first kappa shape index (κ1) is 36.7. The number of rotatable bonds is 10. The van der Waals surface area contributed by atoms with Crippen LogP contribution in [0, 0.1) is 10.8 Å². The summed E-state index contributed by atoms with van der Waals surface area (Å²) in [4.78, 5) is 13.1. The zero-order chi connectivity index (χ0) is 33.8. The van der Waals surface area contributed by atoms with Crippen molar-refractivity contribution in [3.63, 3.8) is 0 Å². The zero-order valence-corrected chi connectivity index (χ0v) is 29.2. The molecule has 0 aromatic rings. The van der Waals surface area contributed by atoms with Gasteiger partial charge in [-0.1, -0.05) is 99.6 Å². The molecule has 5 atom stereocenters. The van der Waals surface area contributed by atoms with Crippen LogP contribution in [0.2, 0.25) is 0 Å². The highest BCUT2D eigenvalue weighted by Gasteiger charge is 2.76. The monoisotopic (exact) mass is 616 g/mol.